The predicted octanol–water partition coefficient (Wildman–Crippen LogP) is 5.28. The maximum atomic E-state index is 12.2. The van der Waals surface area contributed by atoms with Gasteiger partial charge in [-0.3, -0.25) is 0 Å². The van der Waals surface area contributed by atoms with Gasteiger partial charge in [0.1, 0.15) is 23.3 Å². The summed E-state index contributed by atoms with van der Waals surface area (Å²) in [6, 6.07) is 10.7. The van der Waals surface area contributed by atoms with Crippen LogP contribution >= 0.6 is 11.8 Å². The highest BCUT2D eigenvalue weighted by molar-refractivity contribution is 7.98. The summed E-state index contributed by atoms with van der Waals surface area (Å²) in [5.74, 6) is 1.72. The molecule has 0 saturated carbocycles. The van der Waals surface area contributed by atoms with Crippen LogP contribution in [0.1, 0.15) is 39.2 Å². The van der Waals surface area contributed by atoms with E-state index in [4.69, 9.17) is 9.47 Å². The number of hydrogen-bond donors (Lipinski definition) is 0. The van der Waals surface area contributed by atoms with Gasteiger partial charge in [-0.15, -0.1) is 11.8 Å². The molecule has 2 aliphatic heterocycles. The average Bonchev–Trinajstić information content (AvgIpc) is 3.16. The van der Waals surface area contributed by atoms with Gasteiger partial charge in [-0.25, -0.2) is 9.78 Å². The second kappa shape index (κ2) is 8.99. The first-order valence-electron chi connectivity index (χ1n) is 10.9. The number of anilines is 2. The third-order valence-corrected chi connectivity index (χ3v) is 6.30. The Morgan fingerprint density at radius 3 is 2.55 bits per heavy atom. The van der Waals surface area contributed by atoms with Crippen LogP contribution in [0.3, 0.4) is 0 Å². The lowest BCUT2D eigenvalue weighted by molar-refractivity contribution is 0.0126. The number of fused-ring (bicyclic) bond motifs is 1. The molecule has 166 valence electrons. The van der Waals surface area contributed by atoms with Crippen molar-refractivity contribution in [1.82, 2.24) is 9.88 Å². The van der Waals surface area contributed by atoms with Gasteiger partial charge in [-0.2, -0.15) is 0 Å². The fourth-order valence-corrected chi connectivity index (χ4v) is 4.48. The van der Waals surface area contributed by atoms with Crippen LogP contribution < -0.4 is 9.64 Å². The molecule has 1 aromatic heterocycles. The van der Waals surface area contributed by atoms with Gasteiger partial charge in [0.25, 0.3) is 0 Å². The number of nitrogens with zero attached hydrogens (tertiary/aromatic N) is 3. The lowest BCUT2D eigenvalue weighted by atomic mass is 10.1. The summed E-state index contributed by atoms with van der Waals surface area (Å²) in [6.45, 7) is 7.91. The van der Waals surface area contributed by atoms with Crippen molar-refractivity contribution in [2.75, 3.05) is 30.8 Å². The van der Waals surface area contributed by atoms with E-state index in [0.29, 0.717) is 13.1 Å². The number of ether oxygens (including phenoxy) is 2. The van der Waals surface area contributed by atoms with Gasteiger partial charge in [-0.1, -0.05) is 0 Å². The van der Waals surface area contributed by atoms with Crippen LogP contribution in [-0.2, 0) is 11.2 Å². The van der Waals surface area contributed by atoms with Crippen molar-refractivity contribution in [1.29, 1.82) is 0 Å². The van der Waals surface area contributed by atoms with Gasteiger partial charge >= 0.3 is 6.09 Å². The first kappa shape index (κ1) is 21.8. The van der Waals surface area contributed by atoms with Crippen LogP contribution in [0.5, 0.6) is 5.75 Å². The van der Waals surface area contributed by atoms with E-state index in [-0.39, 0.29) is 12.2 Å². The van der Waals surface area contributed by atoms with Gasteiger partial charge in [0.2, 0.25) is 0 Å². The molecular weight excluding hydrogens is 410 g/mol. The maximum absolute atomic E-state index is 12.2. The number of aromatic nitrogens is 1. The van der Waals surface area contributed by atoms with Gasteiger partial charge in [0, 0.05) is 43.1 Å². The number of pyridine rings is 1. The van der Waals surface area contributed by atoms with Crippen molar-refractivity contribution in [2.24, 2.45) is 0 Å². The summed E-state index contributed by atoms with van der Waals surface area (Å²) in [6.07, 6.45) is 6.38. The molecule has 2 aliphatic rings. The lowest BCUT2D eigenvalue weighted by Gasteiger charge is -2.33. The first-order chi connectivity index (χ1) is 14.8. The molecule has 0 N–H and O–H groups in total. The largest absolute Gasteiger partial charge is 0.489 e. The van der Waals surface area contributed by atoms with E-state index >= 15 is 0 Å². The molecule has 0 atom stereocenters. The highest BCUT2D eigenvalue weighted by atomic mass is 32.2. The minimum atomic E-state index is -0.467. The number of rotatable bonds is 4. The third-order valence-electron chi connectivity index (χ3n) is 5.58. The summed E-state index contributed by atoms with van der Waals surface area (Å²) in [5, 5.41) is 0. The standard InChI is InChI=1S/C24H31N3O3S/c1-24(2,3)30-23(28)26-12-10-18(11-13-26)29-19-5-8-22(25-16-19)27-14-9-17-15-20(31-4)6-7-21(17)27/h5-8,15-16,18H,9-14H2,1-4H3. The van der Waals surface area contributed by atoms with E-state index in [2.05, 4.69) is 34.3 Å². The zero-order valence-electron chi connectivity index (χ0n) is 18.8. The quantitative estimate of drug-likeness (QED) is 0.602. The van der Waals surface area contributed by atoms with Crippen molar-refractivity contribution in [3.05, 3.63) is 42.1 Å². The average molecular weight is 442 g/mol. The van der Waals surface area contributed by atoms with E-state index in [9.17, 15) is 4.79 Å². The normalized spacial score (nSPS) is 16.9. The number of carbonyl (C=O) groups is 1. The van der Waals surface area contributed by atoms with Crippen molar-refractivity contribution in [2.45, 2.75) is 56.6 Å². The molecule has 6 nitrogen and oxygen atoms in total. The molecule has 3 heterocycles. The lowest BCUT2D eigenvalue weighted by Crippen LogP contribution is -2.44. The second-order valence-electron chi connectivity index (χ2n) is 9.03. The fraction of sp³-hybridized carbons (Fsp3) is 0.500. The SMILES string of the molecule is CSc1ccc2c(c1)CCN2c1ccc(OC2CCN(C(=O)OC(C)(C)C)CC2)cn1. The second-order valence-corrected chi connectivity index (χ2v) is 9.91. The molecule has 1 aromatic carbocycles. The molecular formula is C24H31N3O3S. The number of benzene rings is 1. The predicted molar refractivity (Wildman–Crippen MR) is 125 cm³/mol. The third kappa shape index (κ3) is 5.26. The number of likely N-dealkylation sites (tertiary alicyclic amines) is 1. The summed E-state index contributed by atoms with van der Waals surface area (Å²) >= 11 is 1.77. The van der Waals surface area contributed by atoms with Crippen molar-refractivity contribution < 1.29 is 14.3 Å². The maximum Gasteiger partial charge on any atom is 0.410 e. The molecule has 31 heavy (non-hydrogen) atoms. The molecule has 0 aliphatic carbocycles. The van der Waals surface area contributed by atoms with Gasteiger partial charge < -0.3 is 19.3 Å². The minimum Gasteiger partial charge on any atom is -0.489 e. The number of amides is 1. The number of thioether (sulfide) groups is 1. The Labute approximate surface area is 188 Å². The van der Waals surface area contributed by atoms with E-state index in [0.717, 1.165) is 37.4 Å². The molecule has 7 heteroatoms. The Balaban J connectivity index is 1.32. The topological polar surface area (TPSA) is 54.9 Å². The zero-order valence-corrected chi connectivity index (χ0v) is 19.6. The van der Waals surface area contributed by atoms with Crippen LogP contribution in [0.15, 0.2) is 41.4 Å². The Bertz CT molecular complexity index is 919. The molecule has 1 amide bonds. The highest BCUT2D eigenvalue weighted by Gasteiger charge is 2.28. The fourth-order valence-electron chi connectivity index (χ4n) is 4.02. The Hall–Kier alpha value is -2.41. The van der Waals surface area contributed by atoms with Gasteiger partial charge in [0.05, 0.1) is 6.20 Å². The molecule has 0 spiro atoms. The van der Waals surface area contributed by atoms with Crippen LogP contribution in [0.25, 0.3) is 0 Å². The van der Waals surface area contributed by atoms with Crippen LogP contribution in [0.4, 0.5) is 16.3 Å². The Morgan fingerprint density at radius 2 is 1.90 bits per heavy atom. The van der Waals surface area contributed by atoms with Crippen molar-refractivity contribution in [3.63, 3.8) is 0 Å². The minimum absolute atomic E-state index is 0.0869. The number of carbonyl (C=O) groups excluding carboxylic acids is 1. The summed E-state index contributed by atoms with van der Waals surface area (Å²) in [5.41, 5.74) is 2.16. The summed E-state index contributed by atoms with van der Waals surface area (Å²) in [7, 11) is 0. The summed E-state index contributed by atoms with van der Waals surface area (Å²) in [4.78, 5) is 22.2. The van der Waals surface area contributed by atoms with E-state index in [1.807, 2.05) is 39.1 Å². The zero-order chi connectivity index (χ0) is 22.0. The molecule has 0 unspecified atom stereocenters. The van der Waals surface area contributed by atoms with E-state index < -0.39 is 5.60 Å². The molecule has 0 bridgehead atoms. The van der Waals surface area contributed by atoms with E-state index in [1.54, 1.807) is 16.7 Å². The molecule has 2 aromatic rings. The van der Waals surface area contributed by atoms with Gasteiger partial charge in [0.15, 0.2) is 0 Å². The van der Waals surface area contributed by atoms with Crippen molar-refractivity contribution in [3.8, 4) is 5.75 Å². The van der Waals surface area contributed by atoms with Crippen molar-refractivity contribution >= 4 is 29.4 Å². The molecule has 0 radical (unpaired) electrons. The first-order valence-corrected chi connectivity index (χ1v) is 12.1. The van der Waals surface area contributed by atoms with Crippen LogP contribution in [0.2, 0.25) is 0 Å². The molecule has 1 saturated heterocycles. The number of piperidine rings is 1. The van der Waals surface area contributed by atoms with Crippen LogP contribution in [0, 0.1) is 0 Å². The molecule has 1 fully saturated rings. The number of hydrogen-bond acceptors (Lipinski definition) is 6. The van der Waals surface area contributed by atoms with Gasteiger partial charge in [-0.05, 0) is 69.3 Å². The Morgan fingerprint density at radius 1 is 1.13 bits per heavy atom. The summed E-state index contributed by atoms with van der Waals surface area (Å²) < 4.78 is 11.6. The van der Waals surface area contributed by atoms with Crippen LogP contribution in [-0.4, -0.2) is 53.6 Å². The monoisotopic (exact) mass is 441 g/mol. The highest BCUT2D eigenvalue weighted by Crippen LogP contribution is 2.36. The molecule has 4 rings (SSSR count). The smallest absolute Gasteiger partial charge is 0.410 e. The Kier molecular flexibility index (Phi) is 6.32. The van der Waals surface area contributed by atoms with E-state index in [1.165, 1.54) is 16.1 Å².